The van der Waals surface area contributed by atoms with Gasteiger partial charge in [0.2, 0.25) is 23.6 Å². The summed E-state index contributed by atoms with van der Waals surface area (Å²) in [5.74, 6) is -0.517. The molecular weight excluding hydrogens is 554 g/mol. The Bertz CT molecular complexity index is 1040. The Hall–Kier alpha value is -2.42. The number of hydrogen-bond acceptors (Lipinski definition) is 5. The van der Waals surface area contributed by atoms with E-state index in [-0.39, 0.29) is 53.1 Å². The van der Waals surface area contributed by atoms with Gasteiger partial charge in [-0.2, -0.15) is 0 Å². The smallest absolute Gasteiger partial charge is 0.249 e. The molecule has 0 aromatic heterocycles. The van der Waals surface area contributed by atoms with Crippen molar-refractivity contribution in [1.29, 1.82) is 0 Å². The molecule has 4 amide bonds. The second kappa shape index (κ2) is 15.7. The fourth-order valence-electron chi connectivity index (χ4n) is 6.36. The molecule has 252 valence electrons. The van der Waals surface area contributed by atoms with E-state index in [0.717, 1.165) is 38.6 Å². The fraction of sp³-hybridized carbons (Fsp3) is 0.829. The van der Waals surface area contributed by atoms with Crippen LogP contribution < -0.4 is 10.6 Å². The van der Waals surface area contributed by atoms with Crippen molar-refractivity contribution < 1.29 is 19.2 Å². The Kier molecular flexibility index (Phi) is 13.5. The second-order valence-corrected chi connectivity index (χ2v) is 15.9. The number of hydrogen-bond donors (Lipinski definition) is 2. The molecule has 44 heavy (non-hydrogen) atoms. The van der Waals surface area contributed by atoms with Gasteiger partial charge in [-0.05, 0) is 76.2 Å². The summed E-state index contributed by atoms with van der Waals surface area (Å²) < 4.78 is 0. The lowest BCUT2D eigenvalue weighted by Crippen LogP contribution is -2.60. The van der Waals surface area contributed by atoms with E-state index >= 15 is 0 Å². The van der Waals surface area contributed by atoms with Gasteiger partial charge in [0.1, 0.15) is 12.1 Å². The first-order valence-corrected chi connectivity index (χ1v) is 16.9. The molecule has 9 heteroatoms. The topological polar surface area (TPSA) is 102 Å². The van der Waals surface area contributed by atoms with Crippen molar-refractivity contribution in [3.63, 3.8) is 0 Å². The summed E-state index contributed by atoms with van der Waals surface area (Å²) in [5, 5.41) is 6.17. The van der Waals surface area contributed by atoms with Crippen molar-refractivity contribution in [3.8, 4) is 0 Å². The van der Waals surface area contributed by atoms with Crippen LogP contribution in [0.3, 0.4) is 0 Å². The molecule has 0 aromatic rings. The molecule has 0 saturated carbocycles. The first kappa shape index (κ1) is 37.8. The van der Waals surface area contributed by atoms with E-state index in [4.69, 9.17) is 0 Å². The average Bonchev–Trinajstić information content (AvgIpc) is 3.41. The van der Waals surface area contributed by atoms with E-state index in [0.29, 0.717) is 25.1 Å². The van der Waals surface area contributed by atoms with Gasteiger partial charge in [0.25, 0.3) is 0 Å². The van der Waals surface area contributed by atoms with Gasteiger partial charge in [-0.1, -0.05) is 67.9 Å². The van der Waals surface area contributed by atoms with E-state index in [1.54, 1.807) is 23.8 Å². The Balaban J connectivity index is 2.22. The van der Waals surface area contributed by atoms with Gasteiger partial charge in [-0.15, -0.1) is 0 Å². The summed E-state index contributed by atoms with van der Waals surface area (Å²) in [6.45, 7) is 24.4. The number of carbonyl (C=O) groups excluding carboxylic acids is 4. The molecule has 2 N–H and O–H groups in total. The highest BCUT2D eigenvalue weighted by Gasteiger charge is 2.40. The number of rotatable bonds is 11. The lowest BCUT2D eigenvalue weighted by Gasteiger charge is -2.41. The Labute approximate surface area is 267 Å². The Morgan fingerprint density at radius 3 is 2.05 bits per heavy atom. The third-order valence-corrected chi connectivity index (χ3v) is 9.14. The van der Waals surface area contributed by atoms with Gasteiger partial charge in [0, 0.05) is 31.8 Å². The van der Waals surface area contributed by atoms with Crippen molar-refractivity contribution in [3.05, 3.63) is 11.6 Å². The van der Waals surface area contributed by atoms with Crippen LogP contribution in [0, 0.1) is 16.7 Å². The molecule has 0 radical (unpaired) electrons. The molecule has 4 atom stereocenters. The molecule has 0 spiro atoms. The molecule has 2 aliphatic heterocycles. The molecule has 2 heterocycles. The SMILES string of the molecule is CC(=CC(C(C)C)N(C)C(=O)[C@@H](NC(=O)[C@H]1CCCCN1C(C)C)C(C)(C)C)C(=O)N1CCC[C@H]1C(=O)NCCC(C)(C)C. The third-order valence-electron chi connectivity index (χ3n) is 9.14. The van der Waals surface area contributed by atoms with Crippen LogP contribution >= 0.6 is 0 Å². The average molecular weight is 618 g/mol. The summed E-state index contributed by atoms with van der Waals surface area (Å²) in [5.41, 5.74) is 0.118. The van der Waals surface area contributed by atoms with E-state index < -0.39 is 17.5 Å². The summed E-state index contributed by atoms with van der Waals surface area (Å²) in [6.07, 6.45) is 7.02. The highest BCUT2D eigenvalue weighted by molar-refractivity contribution is 5.97. The van der Waals surface area contributed by atoms with Crippen LogP contribution in [-0.2, 0) is 19.2 Å². The molecule has 0 aliphatic carbocycles. The number of likely N-dealkylation sites (N-methyl/N-ethyl adjacent to an activating group) is 1. The second-order valence-electron chi connectivity index (χ2n) is 15.9. The van der Waals surface area contributed by atoms with Gasteiger partial charge in [-0.25, -0.2) is 0 Å². The number of likely N-dealkylation sites (tertiary alicyclic amines) is 2. The minimum Gasteiger partial charge on any atom is -0.354 e. The van der Waals surface area contributed by atoms with Crippen molar-refractivity contribution in [1.82, 2.24) is 25.3 Å². The number of nitrogens with one attached hydrogen (secondary N) is 2. The molecule has 0 bridgehead atoms. The van der Waals surface area contributed by atoms with Crippen LogP contribution in [0.5, 0.6) is 0 Å². The zero-order chi connectivity index (χ0) is 33.6. The summed E-state index contributed by atoms with van der Waals surface area (Å²) in [7, 11) is 1.76. The van der Waals surface area contributed by atoms with Crippen molar-refractivity contribution >= 4 is 23.6 Å². The number of piperidine rings is 1. The van der Waals surface area contributed by atoms with E-state index in [1.165, 1.54) is 0 Å². The van der Waals surface area contributed by atoms with Gasteiger partial charge in [0.05, 0.1) is 12.1 Å². The minimum atomic E-state index is -0.721. The largest absolute Gasteiger partial charge is 0.354 e. The van der Waals surface area contributed by atoms with Gasteiger partial charge in [-0.3, -0.25) is 24.1 Å². The van der Waals surface area contributed by atoms with E-state index in [2.05, 4.69) is 50.2 Å². The number of carbonyl (C=O) groups is 4. The summed E-state index contributed by atoms with van der Waals surface area (Å²) >= 11 is 0. The molecule has 2 aliphatic rings. The Morgan fingerprint density at radius 2 is 1.50 bits per heavy atom. The first-order chi connectivity index (χ1) is 20.3. The maximum atomic E-state index is 14.1. The standard InChI is InChI=1S/C35H63N5O4/c1-23(2)28(22-25(5)32(43)40-21-15-17-26(40)30(41)36-19-18-34(6,7)8)38(12)33(44)29(35(9,10)11)37-31(42)27-16-13-14-20-39(27)24(3)4/h22-24,26-29H,13-21H2,1-12H3,(H,36,41)(H,37,42)/t26-,27+,28?,29+/m0/s1. The molecule has 2 rings (SSSR count). The van der Waals surface area contributed by atoms with Crippen LogP contribution in [0.1, 0.15) is 115 Å². The molecule has 2 saturated heterocycles. The van der Waals surface area contributed by atoms with Crippen LogP contribution in [-0.4, -0.2) is 95.2 Å². The van der Waals surface area contributed by atoms with Crippen LogP contribution in [0.15, 0.2) is 11.6 Å². The number of nitrogens with zero attached hydrogens (tertiary/aromatic N) is 3. The van der Waals surface area contributed by atoms with Crippen LogP contribution in [0.4, 0.5) is 0 Å². The van der Waals surface area contributed by atoms with Crippen molar-refractivity contribution in [2.75, 3.05) is 26.7 Å². The zero-order valence-corrected chi connectivity index (χ0v) is 29.9. The molecule has 1 unspecified atom stereocenters. The van der Waals surface area contributed by atoms with Crippen molar-refractivity contribution in [2.24, 2.45) is 16.7 Å². The monoisotopic (exact) mass is 617 g/mol. The highest BCUT2D eigenvalue weighted by atomic mass is 16.2. The molecular formula is C35H63N5O4. The number of amides is 4. The molecule has 9 nitrogen and oxygen atoms in total. The van der Waals surface area contributed by atoms with Gasteiger partial charge < -0.3 is 20.4 Å². The normalized spacial score (nSPS) is 21.8. The quantitative estimate of drug-likeness (QED) is 0.326. The van der Waals surface area contributed by atoms with Crippen molar-refractivity contribution in [2.45, 2.75) is 145 Å². The van der Waals surface area contributed by atoms with Crippen LogP contribution in [0.25, 0.3) is 0 Å². The van der Waals surface area contributed by atoms with E-state index in [1.807, 2.05) is 40.7 Å². The van der Waals surface area contributed by atoms with Crippen LogP contribution in [0.2, 0.25) is 0 Å². The van der Waals surface area contributed by atoms with E-state index in [9.17, 15) is 19.2 Å². The predicted molar refractivity (Wildman–Crippen MR) is 178 cm³/mol. The zero-order valence-electron chi connectivity index (χ0n) is 29.9. The molecule has 2 fully saturated rings. The van der Waals surface area contributed by atoms with Gasteiger partial charge in [0.15, 0.2) is 0 Å². The maximum absolute atomic E-state index is 14.1. The summed E-state index contributed by atoms with van der Waals surface area (Å²) in [4.78, 5) is 60.0. The fourth-order valence-corrected chi connectivity index (χ4v) is 6.36. The minimum absolute atomic E-state index is 0.0212. The molecule has 0 aromatic carbocycles. The lowest BCUT2D eigenvalue weighted by atomic mass is 9.84. The summed E-state index contributed by atoms with van der Waals surface area (Å²) in [6, 6.07) is -1.56. The van der Waals surface area contributed by atoms with Gasteiger partial charge >= 0.3 is 0 Å². The third kappa shape index (κ3) is 10.3. The Morgan fingerprint density at radius 1 is 0.886 bits per heavy atom. The first-order valence-electron chi connectivity index (χ1n) is 16.9. The predicted octanol–water partition coefficient (Wildman–Crippen LogP) is 4.75. The maximum Gasteiger partial charge on any atom is 0.249 e. The lowest BCUT2D eigenvalue weighted by molar-refractivity contribution is -0.142. The highest BCUT2D eigenvalue weighted by Crippen LogP contribution is 2.27.